The van der Waals surface area contributed by atoms with Crippen molar-refractivity contribution in [1.29, 1.82) is 0 Å². The van der Waals surface area contributed by atoms with Crippen LogP contribution < -0.4 is 15.5 Å². The Bertz CT molecular complexity index is 796. The summed E-state index contributed by atoms with van der Waals surface area (Å²) in [6.45, 7) is 5.98. The number of anilines is 2. The van der Waals surface area contributed by atoms with Crippen LogP contribution in [0.15, 0.2) is 30.3 Å². The number of hydrogen-bond donors (Lipinski definition) is 2. The molecule has 1 atom stereocenters. The Balaban J connectivity index is 1.50. The van der Waals surface area contributed by atoms with E-state index in [2.05, 4.69) is 32.4 Å². The van der Waals surface area contributed by atoms with Gasteiger partial charge in [-0.25, -0.2) is 9.37 Å². The number of aromatic nitrogens is 2. The maximum absolute atomic E-state index is 12.9. The molecule has 7 heteroatoms. The maximum atomic E-state index is 12.9. The standard InChI is InChI=1S/C21H28FN5S/c1-15-14-19(27-13-4-3-6-16(27)2)25-20(24-15)26-21(28)23-12-5-7-17-8-10-18(22)11-9-17/h8-11,14,16H,3-7,12-13H2,1-2H3,(H2,23,24,25,26,28)/t16-/m0/s1. The highest BCUT2D eigenvalue weighted by Crippen LogP contribution is 2.24. The molecule has 3 rings (SSSR count). The zero-order valence-corrected chi connectivity index (χ0v) is 17.4. The normalized spacial score (nSPS) is 16.7. The lowest BCUT2D eigenvalue weighted by atomic mass is 10.0. The van der Waals surface area contributed by atoms with Gasteiger partial charge in [0.25, 0.3) is 0 Å². The van der Waals surface area contributed by atoms with Crippen molar-refractivity contribution in [1.82, 2.24) is 15.3 Å². The minimum atomic E-state index is -0.205. The fourth-order valence-electron chi connectivity index (χ4n) is 3.48. The quantitative estimate of drug-likeness (QED) is 0.558. The van der Waals surface area contributed by atoms with Crippen LogP contribution in [0.4, 0.5) is 16.2 Å². The number of halogens is 1. The Morgan fingerprint density at radius 1 is 1.25 bits per heavy atom. The van der Waals surface area contributed by atoms with Gasteiger partial charge in [0.15, 0.2) is 5.11 Å². The van der Waals surface area contributed by atoms with Crippen LogP contribution in [0, 0.1) is 12.7 Å². The van der Waals surface area contributed by atoms with Crippen molar-refractivity contribution in [3.05, 3.63) is 47.4 Å². The van der Waals surface area contributed by atoms with Crippen molar-refractivity contribution in [2.45, 2.75) is 52.0 Å². The summed E-state index contributed by atoms with van der Waals surface area (Å²) in [5, 5.41) is 6.81. The fourth-order valence-corrected chi connectivity index (χ4v) is 3.68. The largest absolute Gasteiger partial charge is 0.362 e. The number of thiocarbonyl (C=S) groups is 1. The molecule has 150 valence electrons. The van der Waals surface area contributed by atoms with Gasteiger partial charge in [0.1, 0.15) is 11.6 Å². The Morgan fingerprint density at radius 3 is 2.79 bits per heavy atom. The zero-order chi connectivity index (χ0) is 19.9. The average Bonchev–Trinajstić information content (AvgIpc) is 2.66. The molecule has 5 nitrogen and oxygen atoms in total. The van der Waals surface area contributed by atoms with E-state index in [1.54, 1.807) is 0 Å². The summed E-state index contributed by atoms with van der Waals surface area (Å²) in [6, 6.07) is 9.14. The summed E-state index contributed by atoms with van der Waals surface area (Å²) in [4.78, 5) is 11.5. The number of piperidine rings is 1. The number of nitrogens with zero attached hydrogens (tertiary/aromatic N) is 3. The first-order valence-corrected chi connectivity index (χ1v) is 10.3. The summed E-state index contributed by atoms with van der Waals surface area (Å²) < 4.78 is 12.9. The van der Waals surface area contributed by atoms with Crippen LogP contribution in [0.1, 0.15) is 43.9 Å². The molecule has 2 N–H and O–H groups in total. The van der Waals surface area contributed by atoms with Gasteiger partial charge >= 0.3 is 0 Å². The molecule has 0 bridgehead atoms. The van der Waals surface area contributed by atoms with Gasteiger partial charge in [0, 0.05) is 30.9 Å². The van der Waals surface area contributed by atoms with Crippen molar-refractivity contribution >= 4 is 29.1 Å². The van der Waals surface area contributed by atoms with Gasteiger partial charge < -0.3 is 15.5 Å². The van der Waals surface area contributed by atoms with Crippen molar-refractivity contribution in [2.24, 2.45) is 0 Å². The third kappa shape index (κ3) is 5.86. The Kier molecular flexibility index (Phi) is 7.14. The summed E-state index contributed by atoms with van der Waals surface area (Å²) in [7, 11) is 0. The fraction of sp³-hybridized carbons (Fsp3) is 0.476. The van der Waals surface area contributed by atoms with Crippen LogP contribution in [0.3, 0.4) is 0 Å². The van der Waals surface area contributed by atoms with E-state index in [0.29, 0.717) is 17.1 Å². The minimum Gasteiger partial charge on any atom is -0.362 e. The van der Waals surface area contributed by atoms with E-state index in [-0.39, 0.29) is 5.82 Å². The third-order valence-electron chi connectivity index (χ3n) is 5.00. The van der Waals surface area contributed by atoms with E-state index in [0.717, 1.165) is 43.0 Å². The first kappa shape index (κ1) is 20.5. The van der Waals surface area contributed by atoms with Gasteiger partial charge in [-0.05, 0) is 75.9 Å². The predicted molar refractivity (Wildman–Crippen MR) is 116 cm³/mol. The summed E-state index contributed by atoms with van der Waals surface area (Å²) in [5.41, 5.74) is 2.04. The average molecular weight is 402 g/mol. The SMILES string of the molecule is Cc1cc(N2CCCC[C@@H]2C)nc(NC(=S)NCCCc2ccc(F)cc2)n1. The first-order valence-electron chi connectivity index (χ1n) is 9.93. The van der Waals surface area contributed by atoms with Gasteiger partial charge in [-0.2, -0.15) is 4.98 Å². The predicted octanol–water partition coefficient (Wildman–Crippen LogP) is 4.22. The van der Waals surface area contributed by atoms with Crippen molar-refractivity contribution in [3.63, 3.8) is 0 Å². The molecule has 2 aromatic rings. The molecule has 0 amide bonds. The van der Waals surface area contributed by atoms with Gasteiger partial charge in [-0.15, -0.1) is 0 Å². The second-order valence-electron chi connectivity index (χ2n) is 7.34. The molecule has 1 aromatic heterocycles. The van der Waals surface area contributed by atoms with Crippen LogP contribution in [0.5, 0.6) is 0 Å². The maximum Gasteiger partial charge on any atom is 0.231 e. The molecule has 0 aliphatic carbocycles. The number of rotatable bonds is 6. The van der Waals surface area contributed by atoms with E-state index in [9.17, 15) is 4.39 Å². The lowest BCUT2D eigenvalue weighted by Crippen LogP contribution is -2.38. The van der Waals surface area contributed by atoms with Crippen LogP contribution >= 0.6 is 12.2 Å². The van der Waals surface area contributed by atoms with Crippen LogP contribution in [-0.2, 0) is 6.42 Å². The Labute approximate surface area is 171 Å². The van der Waals surface area contributed by atoms with Crippen molar-refractivity contribution < 1.29 is 4.39 Å². The first-order chi connectivity index (χ1) is 13.5. The molecule has 28 heavy (non-hydrogen) atoms. The minimum absolute atomic E-state index is 0.205. The second kappa shape index (κ2) is 9.78. The molecular formula is C21H28FN5S. The van der Waals surface area contributed by atoms with Crippen LogP contribution in [0.25, 0.3) is 0 Å². The van der Waals surface area contributed by atoms with Gasteiger partial charge in [-0.1, -0.05) is 12.1 Å². The van der Waals surface area contributed by atoms with E-state index < -0.39 is 0 Å². The third-order valence-corrected chi connectivity index (χ3v) is 5.25. The number of benzene rings is 1. The number of hydrogen-bond acceptors (Lipinski definition) is 4. The number of nitrogens with one attached hydrogen (secondary N) is 2. The molecule has 1 fully saturated rings. The molecule has 1 aliphatic heterocycles. The van der Waals surface area contributed by atoms with E-state index in [1.807, 2.05) is 25.1 Å². The molecular weight excluding hydrogens is 373 g/mol. The second-order valence-corrected chi connectivity index (χ2v) is 7.75. The highest BCUT2D eigenvalue weighted by atomic mass is 32.1. The lowest BCUT2D eigenvalue weighted by molar-refractivity contribution is 0.481. The highest BCUT2D eigenvalue weighted by Gasteiger charge is 2.20. The van der Waals surface area contributed by atoms with Gasteiger partial charge in [-0.3, -0.25) is 0 Å². The molecule has 0 saturated carbocycles. The molecule has 0 radical (unpaired) electrons. The topological polar surface area (TPSA) is 53.1 Å². The van der Waals surface area contributed by atoms with E-state index in [4.69, 9.17) is 12.2 Å². The van der Waals surface area contributed by atoms with E-state index in [1.165, 1.54) is 31.4 Å². The molecule has 1 aromatic carbocycles. The van der Waals surface area contributed by atoms with Crippen LogP contribution in [0.2, 0.25) is 0 Å². The summed E-state index contributed by atoms with van der Waals surface area (Å²) in [5.74, 6) is 1.29. The van der Waals surface area contributed by atoms with Gasteiger partial charge in [0.2, 0.25) is 5.95 Å². The molecule has 0 unspecified atom stereocenters. The summed E-state index contributed by atoms with van der Waals surface area (Å²) in [6.07, 6.45) is 5.44. The number of aryl methyl sites for hydroxylation is 2. The smallest absolute Gasteiger partial charge is 0.231 e. The lowest BCUT2D eigenvalue weighted by Gasteiger charge is -2.34. The van der Waals surface area contributed by atoms with Crippen molar-refractivity contribution in [2.75, 3.05) is 23.3 Å². The molecule has 1 aliphatic rings. The van der Waals surface area contributed by atoms with Crippen LogP contribution in [-0.4, -0.2) is 34.2 Å². The monoisotopic (exact) mass is 401 g/mol. The van der Waals surface area contributed by atoms with Gasteiger partial charge in [0.05, 0.1) is 0 Å². The van der Waals surface area contributed by atoms with E-state index >= 15 is 0 Å². The molecule has 2 heterocycles. The van der Waals surface area contributed by atoms with Crippen molar-refractivity contribution in [3.8, 4) is 0 Å². The molecule has 0 spiro atoms. The Morgan fingerprint density at radius 2 is 2.04 bits per heavy atom. The Hall–Kier alpha value is -2.28. The zero-order valence-electron chi connectivity index (χ0n) is 16.5. The molecule has 1 saturated heterocycles. The summed E-state index contributed by atoms with van der Waals surface area (Å²) >= 11 is 5.38. The highest BCUT2D eigenvalue weighted by molar-refractivity contribution is 7.80.